The van der Waals surface area contributed by atoms with Crippen molar-refractivity contribution < 1.29 is 15.0 Å². The standard InChI is InChI=1S/C6H13NO3/c1-5(4-8)2-3-7-6(9)10/h5,7-8H,2-4H2,1H3,(H,9,10). The third kappa shape index (κ3) is 5.37. The minimum atomic E-state index is -1.01. The summed E-state index contributed by atoms with van der Waals surface area (Å²) < 4.78 is 0. The Kier molecular flexibility index (Phi) is 4.66. The van der Waals surface area contributed by atoms with Crippen molar-refractivity contribution in [3.8, 4) is 0 Å². The number of carboxylic acid groups (broad SMARTS) is 1. The van der Waals surface area contributed by atoms with Gasteiger partial charge in [0.25, 0.3) is 0 Å². The van der Waals surface area contributed by atoms with Gasteiger partial charge in [0.05, 0.1) is 0 Å². The largest absolute Gasteiger partial charge is 0.465 e. The molecule has 1 unspecified atom stereocenters. The second-order valence-electron chi connectivity index (χ2n) is 2.31. The Balaban J connectivity index is 3.11. The summed E-state index contributed by atoms with van der Waals surface area (Å²) in [6.07, 6.45) is -0.326. The van der Waals surface area contributed by atoms with Gasteiger partial charge in [0.15, 0.2) is 0 Å². The second-order valence-corrected chi connectivity index (χ2v) is 2.31. The number of carbonyl (C=O) groups is 1. The van der Waals surface area contributed by atoms with Gasteiger partial charge in [0, 0.05) is 13.2 Å². The molecule has 0 aromatic heterocycles. The normalized spacial score (nSPS) is 12.6. The van der Waals surface area contributed by atoms with E-state index in [1.807, 2.05) is 6.92 Å². The van der Waals surface area contributed by atoms with Gasteiger partial charge in [0.2, 0.25) is 0 Å². The van der Waals surface area contributed by atoms with Crippen LogP contribution in [0.2, 0.25) is 0 Å². The Morgan fingerprint density at radius 1 is 1.70 bits per heavy atom. The molecule has 0 radical (unpaired) electrons. The monoisotopic (exact) mass is 147 g/mol. The Hall–Kier alpha value is -0.770. The molecule has 0 fully saturated rings. The molecular weight excluding hydrogens is 134 g/mol. The molecule has 0 saturated carbocycles. The van der Waals surface area contributed by atoms with Crippen molar-refractivity contribution in [3.05, 3.63) is 0 Å². The van der Waals surface area contributed by atoms with Crippen LogP contribution in [0.25, 0.3) is 0 Å². The van der Waals surface area contributed by atoms with Gasteiger partial charge < -0.3 is 15.5 Å². The van der Waals surface area contributed by atoms with E-state index in [9.17, 15) is 4.79 Å². The van der Waals surface area contributed by atoms with Crippen LogP contribution in [-0.2, 0) is 0 Å². The average Bonchev–Trinajstić information content (AvgIpc) is 1.87. The highest BCUT2D eigenvalue weighted by Crippen LogP contribution is 1.96. The van der Waals surface area contributed by atoms with Crippen molar-refractivity contribution in [2.24, 2.45) is 5.92 Å². The predicted octanol–water partition coefficient (Wildman–Crippen LogP) is 0.272. The highest BCUT2D eigenvalue weighted by Gasteiger charge is 1.99. The summed E-state index contributed by atoms with van der Waals surface area (Å²) >= 11 is 0. The van der Waals surface area contributed by atoms with Crippen LogP contribution in [-0.4, -0.2) is 29.5 Å². The minimum Gasteiger partial charge on any atom is -0.465 e. The topological polar surface area (TPSA) is 69.6 Å². The minimum absolute atomic E-state index is 0.112. The van der Waals surface area contributed by atoms with Crippen LogP contribution >= 0.6 is 0 Å². The van der Waals surface area contributed by atoms with Gasteiger partial charge in [-0.3, -0.25) is 0 Å². The molecule has 0 saturated heterocycles. The van der Waals surface area contributed by atoms with E-state index in [0.29, 0.717) is 13.0 Å². The smallest absolute Gasteiger partial charge is 0.404 e. The highest BCUT2D eigenvalue weighted by molar-refractivity contribution is 5.64. The summed E-state index contributed by atoms with van der Waals surface area (Å²) in [5.74, 6) is 0.173. The van der Waals surface area contributed by atoms with Gasteiger partial charge in [-0.05, 0) is 12.3 Å². The molecular formula is C6H13NO3. The van der Waals surface area contributed by atoms with Crippen LogP contribution in [0, 0.1) is 5.92 Å². The van der Waals surface area contributed by atoms with Crippen LogP contribution in [0.15, 0.2) is 0 Å². The molecule has 4 heteroatoms. The van der Waals surface area contributed by atoms with E-state index in [-0.39, 0.29) is 12.5 Å². The highest BCUT2D eigenvalue weighted by atomic mass is 16.4. The molecule has 4 nitrogen and oxygen atoms in total. The summed E-state index contributed by atoms with van der Waals surface area (Å²) in [7, 11) is 0. The summed E-state index contributed by atoms with van der Waals surface area (Å²) in [5.41, 5.74) is 0. The van der Waals surface area contributed by atoms with Crippen LogP contribution in [0.5, 0.6) is 0 Å². The van der Waals surface area contributed by atoms with E-state index < -0.39 is 6.09 Å². The fourth-order valence-corrected chi connectivity index (χ4v) is 0.517. The fourth-order valence-electron chi connectivity index (χ4n) is 0.517. The number of nitrogens with one attached hydrogen (secondary N) is 1. The van der Waals surface area contributed by atoms with Crippen molar-refractivity contribution in [2.45, 2.75) is 13.3 Å². The van der Waals surface area contributed by atoms with Gasteiger partial charge in [-0.1, -0.05) is 6.92 Å². The summed E-state index contributed by atoms with van der Waals surface area (Å²) in [6.45, 7) is 2.39. The Morgan fingerprint density at radius 3 is 2.70 bits per heavy atom. The Labute approximate surface area is 59.9 Å². The molecule has 0 aliphatic carbocycles. The first-order valence-corrected chi connectivity index (χ1v) is 3.24. The molecule has 0 heterocycles. The molecule has 0 rings (SSSR count). The van der Waals surface area contributed by atoms with E-state index in [2.05, 4.69) is 5.32 Å². The maximum absolute atomic E-state index is 9.90. The van der Waals surface area contributed by atoms with Crippen molar-refractivity contribution in [3.63, 3.8) is 0 Å². The quantitative estimate of drug-likeness (QED) is 0.534. The van der Waals surface area contributed by atoms with Gasteiger partial charge in [-0.15, -0.1) is 0 Å². The zero-order valence-corrected chi connectivity index (χ0v) is 6.00. The Bertz CT molecular complexity index is 105. The maximum atomic E-state index is 9.90. The maximum Gasteiger partial charge on any atom is 0.404 e. The van der Waals surface area contributed by atoms with Crippen molar-refractivity contribution in [1.29, 1.82) is 0 Å². The van der Waals surface area contributed by atoms with Gasteiger partial charge in [-0.25, -0.2) is 4.79 Å². The number of rotatable bonds is 4. The Morgan fingerprint density at radius 2 is 2.30 bits per heavy atom. The third-order valence-corrected chi connectivity index (χ3v) is 1.23. The average molecular weight is 147 g/mol. The lowest BCUT2D eigenvalue weighted by Gasteiger charge is -2.05. The van der Waals surface area contributed by atoms with Crippen molar-refractivity contribution >= 4 is 6.09 Å². The van der Waals surface area contributed by atoms with Gasteiger partial charge >= 0.3 is 6.09 Å². The number of aliphatic hydroxyl groups is 1. The molecule has 0 aliphatic rings. The zero-order valence-electron chi connectivity index (χ0n) is 6.00. The van der Waals surface area contributed by atoms with E-state index in [4.69, 9.17) is 10.2 Å². The first-order valence-electron chi connectivity index (χ1n) is 3.24. The third-order valence-electron chi connectivity index (χ3n) is 1.23. The number of aliphatic hydroxyl groups excluding tert-OH is 1. The molecule has 0 bridgehead atoms. The SMILES string of the molecule is CC(CO)CCNC(=O)O. The lowest BCUT2D eigenvalue weighted by atomic mass is 10.1. The van der Waals surface area contributed by atoms with Crippen LogP contribution in [0.1, 0.15) is 13.3 Å². The lowest BCUT2D eigenvalue weighted by molar-refractivity contribution is 0.190. The second kappa shape index (κ2) is 5.05. The zero-order chi connectivity index (χ0) is 7.98. The molecule has 0 aliphatic heterocycles. The molecule has 0 aromatic carbocycles. The molecule has 60 valence electrons. The van der Waals surface area contributed by atoms with Gasteiger partial charge in [0.1, 0.15) is 0 Å². The molecule has 3 N–H and O–H groups in total. The van der Waals surface area contributed by atoms with Crippen molar-refractivity contribution in [2.75, 3.05) is 13.2 Å². The molecule has 1 atom stereocenters. The number of amides is 1. The first-order chi connectivity index (χ1) is 4.66. The fraction of sp³-hybridized carbons (Fsp3) is 0.833. The van der Waals surface area contributed by atoms with Gasteiger partial charge in [-0.2, -0.15) is 0 Å². The summed E-state index contributed by atoms with van der Waals surface area (Å²) in [4.78, 5) is 9.90. The lowest BCUT2D eigenvalue weighted by Crippen LogP contribution is -2.23. The summed E-state index contributed by atoms with van der Waals surface area (Å²) in [6, 6.07) is 0. The van der Waals surface area contributed by atoms with E-state index in [1.165, 1.54) is 0 Å². The van der Waals surface area contributed by atoms with E-state index >= 15 is 0 Å². The molecule has 10 heavy (non-hydrogen) atoms. The molecule has 0 aromatic rings. The summed E-state index contributed by atoms with van der Waals surface area (Å²) in [5, 5.41) is 18.9. The van der Waals surface area contributed by atoms with Crippen LogP contribution < -0.4 is 5.32 Å². The van der Waals surface area contributed by atoms with Crippen LogP contribution in [0.4, 0.5) is 4.79 Å². The van der Waals surface area contributed by atoms with E-state index in [0.717, 1.165) is 0 Å². The first kappa shape index (κ1) is 9.23. The number of hydrogen-bond acceptors (Lipinski definition) is 2. The van der Waals surface area contributed by atoms with Crippen LogP contribution in [0.3, 0.4) is 0 Å². The number of hydrogen-bond donors (Lipinski definition) is 3. The molecule has 0 spiro atoms. The predicted molar refractivity (Wildman–Crippen MR) is 36.9 cm³/mol. The van der Waals surface area contributed by atoms with E-state index in [1.54, 1.807) is 0 Å². The molecule has 1 amide bonds. The van der Waals surface area contributed by atoms with Crippen molar-refractivity contribution in [1.82, 2.24) is 5.32 Å².